The van der Waals surface area contributed by atoms with Gasteiger partial charge in [-0.25, -0.2) is 5.11 Å². The molecule has 0 aliphatic heterocycles. The lowest BCUT2D eigenvalue weighted by atomic mass is 10.0. The minimum absolute atomic E-state index is 0.0437. The molecule has 0 amide bonds. The van der Waals surface area contributed by atoms with Crippen molar-refractivity contribution in [2.75, 3.05) is 6.61 Å². The Hall–Kier alpha value is -1.60. The van der Waals surface area contributed by atoms with Crippen LogP contribution >= 0.6 is 0 Å². The monoisotopic (exact) mass is 225 g/mol. The smallest absolute Gasteiger partial charge is 0.0822 e. The summed E-state index contributed by atoms with van der Waals surface area (Å²) in [5, 5.41) is 10.4. The van der Waals surface area contributed by atoms with Crippen LogP contribution in [0.25, 0.3) is 11.1 Å². The van der Waals surface area contributed by atoms with Crippen LogP contribution in [0.1, 0.15) is 18.4 Å². The summed E-state index contributed by atoms with van der Waals surface area (Å²) in [5.41, 5.74) is 3.81. The third-order valence-electron chi connectivity index (χ3n) is 2.92. The van der Waals surface area contributed by atoms with Crippen LogP contribution in [0.3, 0.4) is 0 Å². The first-order valence-electron chi connectivity index (χ1n) is 6.12. The second-order valence-corrected chi connectivity index (χ2v) is 4.22. The van der Waals surface area contributed by atoms with Gasteiger partial charge in [-0.3, -0.25) is 0 Å². The largest absolute Gasteiger partial charge is 0.237 e. The molecule has 87 valence electrons. The molecule has 0 aromatic heterocycles. The van der Waals surface area contributed by atoms with E-state index in [2.05, 4.69) is 48.5 Å². The normalized spacial score (nSPS) is 10.4. The summed E-state index contributed by atoms with van der Waals surface area (Å²) in [6.45, 7) is 0.0437. The minimum atomic E-state index is 0.0437. The van der Waals surface area contributed by atoms with Gasteiger partial charge in [0.15, 0.2) is 0 Å². The quantitative estimate of drug-likeness (QED) is 0.682. The van der Waals surface area contributed by atoms with Gasteiger partial charge in [-0.1, -0.05) is 54.6 Å². The van der Waals surface area contributed by atoms with E-state index in [0.29, 0.717) is 0 Å². The number of benzene rings is 2. The predicted octanol–water partition coefficient (Wildman–Crippen LogP) is 4.11. The van der Waals surface area contributed by atoms with Gasteiger partial charge in [0.2, 0.25) is 0 Å². The highest BCUT2D eigenvalue weighted by Gasteiger charge is 1.97. The highest BCUT2D eigenvalue weighted by Crippen LogP contribution is 2.19. The number of aryl methyl sites for hydroxylation is 1. The first-order chi connectivity index (χ1) is 8.40. The molecule has 2 aromatic carbocycles. The fourth-order valence-electron chi connectivity index (χ4n) is 1.93. The molecule has 0 heterocycles. The fourth-order valence-corrected chi connectivity index (χ4v) is 1.93. The Kier molecular flexibility index (Phi) is 4.34. The van der Waals surface area contributed by atoms with Crippen molar-refractivity contribution in [3.63, 3.8) is 0 Å². The molecule has 0 unspecified atom stereocenters. The van der Waals surface area contributed by atoms with Crippen LogP contribution in [0.4, 0.5) is 0 Å². The Morgan fingerprint density at radius 1 is 0.706 bits per heavy atom. The van der Waals surface area contributed by atoms with Crippen molar-refractivity contribution < 1.29 is 5.11 Å². The van der Waals surface area contributed by atoms with E-state index in [0.717, 1.165) is 19.3 Å². The lowest BCUT2D eigenvalue weighted by molar-refractivity contribution is 0.187. The van der Waals surface area contributed by atoms with Crippen molar-refractivity contribution in [1.82, 2.24) is 0 Å². The zero-order valence-corrected chi connectivity index (χ0v) is 9.93. The van der Waals surface area contributed by atoms with E-state index < -0.39 is 0 Å². The molecule has 0 atom stereocenters. The van der Waals surface area contributed by atoms with E-state index in [1.165, 1.54) is 16.7 Å². The van der Waals surface area contributed by atoms with Gasteiger partial charge in [0, 0.05) is 0 Å². The Bertz CT molecular complexity index is 431. The molecule has 0 aliphatic carbocycles. The summed E-state index contributed by atoms with van der Waals surface area (Å²) in [6, 6.07) is 19.0. The molecule has 0 aliphatic rings. The van der Waals surface area contributed by atoms with Crippen molar-refractivity contribution in [1.29, 1.82) is 0 Å². The predicted molar refractivity (Wildman–Crippen MR) is 70.4 cm³/mol. The minimum Gasteiger partial charge on any atom is -0.237 e. The molecule has 0 bridgehead atoms. The van der Waals surface area contributed by atoms with E-state index in [1.54, 1.807) is 0 Å². The van der Waals surface area contributed by atoms with Crippen molar-refractivity contribution in [3.8, 4) is 11.1 Å². The molecule has 0 spiro atoms. The van der Waals surface area contributed by atoms with Crippen LogP contribution in [0, 0.1) is 0 Å². The fraction of sp³-hybridized carbons (Fsp3) is 0.250. The van der Waals surface area contributed by atoms with E-state index in [1.807, 2.05) is 6.07 Å². The van der Waals surface area contributed by atoms with Crippen molar-refractivity contribution >= 4 is 0 Å². The highest BCUT2D eigenvalue weighted by molar-refractivity contribution is 5.63. The average Bonchev–Trinajstić information content (AvgIpc) is 2.41. The maximum atomic E-state index is 10.4. The SMILES string of the molecule is [O]CCCCc1ccc(-c2ccccc2)cc1. The third-order valence-corrected chi connectivity index (χ3v) is 2.92. The van der Waals surface area contributed by atoms with E-state index >= 15 is 0 Å². The van der Waals surface area contributed by atoms with E-state index in [4.69, 9.17) is 0 Å². The first kappa shape index (κ1) is 11.9. The third kappa shape index (κ3) is 3.43. The number of hydrogen-bond donors (Lipinski definition) is 0. The molecular weight excluding hydrogens is 208 g/mol. The van der Waals surface area contributed by atoms with Crippen LogP contribution < -0.4 is 0 Å². The number of unbranched alkanes of at least 4 members (excludes halogenated alkanes) is 1. The van der Waals surface area contributed by atoms with Crippen LogP contribution in [-0.2, 0) is 11.5 Å². The Balaban J connectivity index is 2.03. The highest BCUT2D eigenvalue weighted by atomic mass is 16.2. The van der Waals surface area contributed by atoms with E-state index in [-0.39, 0.29) is 6.61 Å². The standard InChI is InChI=1S/C16H17O/c17-13-5-4-6-14-9-11-16(12-10-14)15-7-2-1-3-8-15/h1-3,7-12H,4-6,13H2. The van der Waals surface area contributed by atoms with Crippen molar-refractivity contribution in [3.05, 3.63) is 60.2 Å². The van der Waals surface area contributed by atoms with Gasteiger partial charge >= 0.3 is 0 Å². The van der Waals surface area contributed by atoms with Gasteiger partial charge < -0.3 is 0 Å². The molecule has 1 radical (unpaired) electrons. The van der Waals surface area contributed by atoms with Gasteiger partial charge in [-0.15, -0.1) is 0 Å². The van der Waals surface area contributed by atoms with Gasteiger partial charge in [0.1, 0.15) is 0 Å². The topological polar surface area (TPSA) is 19.9 Å². The van der Waals surface area contributed by atoms with E-state index in [9.17, 15) is 5.11 Å². The van der Waals surface area contributed by atoms with Crippen LogP contribution in [-0.4, -0.2) is 6.61 Å². The van der Waals surface area contributed by atoms with Gasteiger partial charge in [0.05, 0.1) is 6.61 Å². The molecule has 0 saturated carbocycles. The molecule has 0 N–H and O–H groups in total. The number of rotatable bonds is 5. The molecule has 1 heteroatoms. The second kappa shape index (κ2) is 6.21. The maximum absolute atomic E-state index is 10.4. The first-order valence-corrected chi connectivity index (χ1v) is 6.12. The van der Waals surface area contributed by atoms with Crippen LogP contribution in [0.15, 0.2) is 54.6 Å². The Morgan fingerprint density at radius 2 is 1.35 bits per heavy atom. The zero-order chi connectivity index (χ0) is 11.9. The zero-order valence-electron chi connectivity index (χ0n) is 9.93. The van der Waals surface area contributed by atoms with Crippen LogP contribution in [0.2, 0.25) is 0 Å². The summed E-state index contributed by atoms with van der Waals surface area (Å²) in [4.78, 5) is 0. The summed E-state index contributed by atoms with van der Waals surface area (Å²) < 4.78 is 0. The Labute approximate surface area is 103 Å². The van der Waals surface area contributed by atoms with Gasteiger partial charge in [-0.05, 0) is 36.0 Å². The van der Waals surface area contributed by atoms with Crippen molar-refractivity contribution in [2.24, 2.45) is 0 Å². The van der Waals surface area contributed by atoms with Crippen molar-refractivity contribution in [2.45, 2.75) is 19.3 Å². The summed E-state index contributed by atoms with van der Waals surface area (Å²) in [6.07, 6.45) is 2.78. The molecule has 2 rings (SSSR count). The molecular formula is C16H17O. The molecule has 2 aromatic rings. The summed E-state index contributed by atoms with van der Waals surface area (Å²) in [5.74, 6) is 0. The van der Waals surface area contributed by atoms with Gasteiger partial charge in [-0.2, -0.15) is 0 Å². The lowest BCUT2D eigenvalue weighted by Gasteiger charge is -2.04. The van der Waals surface area contributed by atoms with Crippen LogP contribution in [0.5, 0.6) is 0 Å². The van der Waals surface area contributed by atoms with Gasteiger partial charge in [0.25, 0.3) is 0 Å². The lowest BCUT2D eigenvalue weighted by Crippen LogP contribution is -1.88. The Morgan fingerprint density at radius 3 is 2.00 bits per heavy atom. The average molecular weight is 225 g/mol. The molecule has 0 fully saturated rings. The summed E-state index contributed by atoms with van der Waals surface area (Å²) in [7, 11) is 0. The maximum Gasteiger partial charge on any atom is 0.0822 e. The second-order valence-electron chi connectivity index (χ2n) is 4.22. The molecule has 1 nitrogen and oxygen atoms in total. The molecule has 0 saturated heterocycles. The summed E-state index contributed by atoms with van der Waals surface area (Å²) >= 11 is 0. The number of hydrogen-bond acceptors (Lipinski definition) is 0. The molecule has 17 heavy (non-hydrogen) atoms.